The predicted octanol–water partition coefficient (Wildman–Crippen LogP) is 3.32. The molecule has 1 aromatic carbocycles. The van der Waals surface area contributed by atoms with E-state index in [1.54, 1.807) is 11.3 Å². The maximum atomic E-state index is 4.40. The van der Waals surface area contributed by atoms with Crippen LogP contribution in [0.2, 0.25) is 0 Å². The van der Waals surface area contributed by atoms with Crippen LogP contribution < -0.4 is 5.32 Å². The highest BCUT2D eigenvalue weighted by molar-refractivity contribution is 7.13. The van der Waals surface area contributed by atoms with Gasteiger partial charge >= 0.3 is 0 Å². The fourth-order valence-corrected chi connectivity index (χ4v) is 4.09. The highest BCUT2D eigenvalue weighted by atomic mass is 32.1. The smallest absolute Gasteiger partial charge is 0.123 e. The summed E-state index contributed by atoms with van der Waals surface area (Å²) in [6.45, 7) is 3.79. The zero-order valence-corrected chi connectivity index (χ0v) is 12.3. The van der Waals surface area contributed by atoms with Crippen LogP contribution in [0.1, 0.15) is 12.8 Å². The van der Waals surface area contributed by atoms with Gasteiger partial charge in [-0.2, -0.15) is 0 Å². The van der Waals surface area contributed by atoms with Gasteiger partial charge in [-0.15, -0.1) is 11.3 Å². The SMILES string of the molecule is c1cc(NC2CN3CCC2CC3)cc(-c2nccs2)c1. The van der Waals surface area contributed by atoms with Crippen LogP contribution in [0.5, 0.6) is 0 Å². The first kappa shape index (κ1) is 12.4. The Morgan fingerprint density at radius 1 is 1.25 bits per heavy atom. The van der Waals surface area contributed by atoms with Gasteiger partial charge in [0.05, 0.1) is 0 Å². The van der Waals surface area contributed by atoms with Crippen molar-refractivity contribution in [1.29, 1.82) is 0 Å². The molecule has 0 amide bonds. The van der Waals surface area contributed by atoms with Crippen molar-refractivity contribution >= 4 is 17.0 Å². The first-order valence-corrected chi connectivity index (χ1v) is 8.25. The Bertz CT molecular complexity index is 573. The van der Waals surface area contributed by atoms with E-state index in [0.717, 1.165) is 10.9 Å². The van der Waals surface area contributed by atoms with Crippen LogP contribution in [-0.4, -0.2) is 35.6 Å². The number of anilines is 1. The minimum absolute atomic E-state index is 0.615. The number of nitrogens with one attached hydrogen (secondary N) is 1. The number of hydrogen-bond acceptors (Lipinski definition) is 4. The number of fused-ring (bicyclic) bond motifs is 3. The Balaban J connectivity index is 1.53. The number of nitrogens with zero attached hydrogens (tertiary/aromatic N) is 2. The third-order valence-electron chi connectivity index (χ3n) is 4.55. The second-order valence-corrected chi connectivity index (χ2v) is 6.70. The van der Waals surface area contributed by atoms with E-state index in [-0.39, 0.29) is 0 Å². The van der Waals surface area contributed by atoms with Crippen molar-refractivity contribution in [3.05, 3.63) is 35.8 Å². The van der Waals surface area contributed by atoms with Gasteiger partial charge in [0.2, 0.25) is 0 Å². The minimum atomic E-state index is 0.615. The van der Waals surface area contributed by atoms with Crippen molar-refractivity contribution in [1.82, 2.24) is 9.88 Å². The third kappa shape index (κ3) is 2.34. The van der Waals surface area contributed by atoms with Crippen LogP contribution in [0.15, 0.2) is 35.8 Å². The average molecular weight is 285 g/mol. The largest absolute Gasteiger partial charge is 0.381 e. The summed E-state index contributed by atoms with van der Waals surface area (Å²) in [5, 5.41) is 6.88. The number of hydrogen-bond donors (Lipinski definition) is 1. The van der Waals surface area contributed by atoms with Gasteiger partial charge in [-0.05, 0) is 44.0 Å². The molecule has 4 heteroatoms. The van der Waals surface area contributed by atoms with Crippen molar-refractivity contribution in [3.8, 4) is 10.6 Å². The second-order valence-electron chi connectivity index (χ2n) is 5.81. The molecule has 1 N–H and O–H groups in total. The van der Waals surface area contributed by atoms with Gasteiger partial charge in [0.25, 0.3) is 0 Å². The maximum Gasteiger partial charge on any atom is 0.123 e. The number of rotatable bonds is 3. The molecule has 1 atom stereocenters. The molecule has 2 bridgehead atoms. The molecule has 3 saturated heterocycles. The van der Waals surface area contributed by atoms with Gasteiger partial charge in [0, 0.05) is 35.4 Å². The first-order valence-electron chi connectivity index (χ1n) is 7.37. The molecule has 0 aliphatic carbocycles. The van der Waals surface area contributed by atoms with Gasteiger partial charge in [-0.25, -0.2) is 4.98 Å². The quantitative estimate of drug-likeness (QED) is 0.937. The summed E-state index contributed by atoms with van der Waals surface area (Å²) in [5.74, 6) is 0.850. The van der Waals surface area contributed by atoms with Crippen molar-refractivity contribution in [2.45, 2.75) is 18.9 Å². The van der Waals surface area contributed by atoms with Gasteiger partial charge < -0.3 is 10.2 Å². The molecule has 5 rings (SSSR count). The first-order chi connectivity index (χ1) is 9.88. The zero-order valence-electron chi connectivity index (χ0n) is 11.5. The van der Waals surface area contributed by atoms with Crippen LogP contribution in [-0.2, 0) is 0 Å². The van der Waals surface area contributed by atoms with E-state index in [9.17, 15) is 0 Å². The van der Waals surface area contributed by atoms with Gasteiger partial charge in [0.15, 0.2) is 0 Å². The second kappa shape index (κ2) is 5.19. The lowest BCUT2D eigenvalue weighted by Crippen LogP contribution is -2.53. The number of thiazole rings is 1. The molecule has 3 aliphatic rings. The summed E-state index contributed by atoms with van der Waals surface area (Å²) < 4.78 is 0. The van der Waals surface area contributed by atoms with Crippen molar-refractivity contribution in [2.75, 3.05) is 25.0 Å². The Morgan fingerprint density at radius 2 is 2.15 bits per heavy atom. The Morgan fingerprint density at radius 3 is 2.85 bits per heavy atom. The zero-order chi connectivity index (χ0) is 13.4. The molecule has 3 aliphatic heterocycles. The van der Waals surface area contributed by atoms with Crippen molar-refractivity contribution in [3.63, 3.8) is 0 Å². The molecule has 0 saturated carbocycles. The van der Waals surface area contributed by atoms with Crippen LogP contribution >= 0.6 is 11.3 Å². The number of benzene rings is 1. The molecule has 1 unspecified atom stereocenters. The highest BCUT2D eigenvalue weighted by Gasteiger charge is 2.33. The fraction of sp³-hybridized carbons (Fsp3) is 0.438. The molecule has 3 nitrogen and oxygen atoms in total. The van der Waals surface area contributed by atoms with E-state index in [2.05, 4.69) is 39.5 Å². The standard InChI is InChI=1S/C16H19N3S/c1-2-13(16-17-6-9-20-16)10-14(3-1)18-15-11-19-7-4-12(15)5-8-19/h1-3,6,9-10,12,15,18H,4-5,7-8,11H2. The molecular formula is C16H19N3S. The Hall–Kier alpha value is -1.39. The topological polar surface area (TPSA) is 28.2 Å². The van der Waals surface area contributed by atoms with Crippen molar-refractivity contribution < 1.29 is 0 Å². The summed E-state index contributed by atoms with van der Waals surface area (Å²) in [4.78, 5) is 6.98. The minimum Gasteiger partial charge on any atom is -0.381 e. The summed E-state index contributed by atoms with van der Waals surface area (Å²) in [6.07, 6.45) is 4.57. The van der Waals surface area contributed by atoms with Crippen LogP contribution in [0.3, 0.4) is 0 Å². The monoisotopic (exact) mass is 285 g/mol. The van der Waals surface area contributed by atoms with E-state index in [0.29, 0.717) is 6.04 Å². The fourth-order valence-electron chi connectivity index (χ4n) is 3.45. The molecule has 2 aromatic rings. The van der Waals surface area contributed by atoms with E-state index in [1.165, 1.54) is 43.7 Å². The molecule has 1 aromatic heterocycles. The Kier molecular flexibility index (Phi) is 3.20. The molecular weight excluding hydrogens is 266 g/mol. The van der Waals surface area contributed by atoms with Gasteiger partial charge in [-0.1, -0.05) is 12.1 Å². The van der Waals surface area contributed by atoms with Crippen LogP contribution in [0.4, 0.5) is 5.69 Å². The van der Waals surface area contributed by atoms with Gasteiger partial charge in [-0.3, -0.25) is 0 Å². The van der Waals surface area contributed by atoms with Gasteiger partial charge in [0.1, 0.15) is 5.01 Å². The predicted molar refractivity (Wildman–Crippen MR) is 84.1 cm³/mol. The summed E-state index contributed by atoms with van der Waals surface area (Å²) in [7, 11) is 0. The molecule has 0 spiro atoms. The molecule has 0 radical (unpaired) electrons. The highest BCUT2D eigenvalue weighted by Crippen LogP contribution is 2.31. The normalized spacial score (nSPS) is 28.5. The molecule has 104 valence electrons. The van der Waals surface area contributed by atoms with Crippen LogP contribution in [0, 0.1) is 5.92 Å². The van der Waals surface area contributed by atoms with Crippen LogP contribution in [0.25, 0.3) is 10.6 Å². The van der Waals surface area contributed by atoms with E-state index in [4.69, 9.17) is 0 Å². The maximum absolute atomic E-state index is 4.40. The molecule has 20 heavy (non-hydrogen) atoms. The number of aromatic nitrogens is 1. The lowest BCUT2D eigenvalue weighted by Gasteiger charge is -2.45. The summed E-state index contributed by atoms with van der Waals surface area (Å²) >= 11 is 1.70. The summed E-state index contributed by atoms with van der Waals surface area (Å²) in [6, 6.07) is 9.29. The van der Waals surface area contributed by atoms with Crippen molar-refractivity contribution in [2.24, 2.45) is 5.92 Å². The van der Waals surface area contributed by atoms with E-state index in [1.807, 2.05) is 11.6 Å². The Labute approximate surface area is 123 Å². The third-order valence-corrected chi connectivity index (χ3v) is 5.37. The molecule has 3 fully saturated rings. The molecule has 4 heterocycles. The average Bonchev–Trinajstić information content (AvgIpc) is 3.03. The number of piperidine rings is 3. The van der Waals surface area contributed by atoms with E-state index < -0.39 is 0 Å². The summed E-state index contributed by atoms with van der Waals surface area (Å²) in [5.41, 5.74) is 2.45. The lowest BCUT2D eigenvalue weighted by molar-refractivity contribution is 0.0975. The lowest BCUT2D eigenvalue weighted by atomic mass is 9.84. The van der Waals surface area contributed by atoms with E-state index >= 15 is 0 Å².